The summed E-state index contributed by atoms with van der Waals surface area (Å²) in [6.07, 6.45) is 0.535. The van der Waals surface area contributed by atoms with E-state index >= 15 is 0 Å². The Hall–Kier alpha value is -2.17. The first-order chi connectivity index (χ1) is 7.71. The lowest BCUT2D eigenvalue weighted by Gasteiger charge is -2.06. The van der Waals surface area contributed by atoms with Gasteiger partial charge < -0.3 is 19.0 Å². The van der Waals surface area contributed by atoms with Crippen molar-refractivity contribution in [3.05, 3.63) is 17.7 Å². The maximum Gasteiger partial charge on any atom is 0.293 e. The topological polar surface area (TPSA) is 68.9 Å². The molecule has 0 spiro atoms. The van der Waals surface area contributed by atoms with Crippen molar-refractivity contribution < 1.29 is 23.8 Å². The number of methoxy groups -OCH3 is 2. The third-order valence-corrected chi connectivity index (χ3v) is 2.33. The van der Waals surface area contributed by atoms with Crippen molar-refractivity contribution in [1.82, 2.24) is 0 Å². The largest absolute Gasteiger partial charge is 0.493 e. The van der Waals surface area contributed by atoms with Crippen molar-refractivity contribution >= 4 is 17.3 Å². The minimum absolute atomic E-state index is 0.107. The van der Waals surface area contributed by atoms with E-state index in [9.17, 15) is 9.90 Å². The van der Waals surface area contributed by atoms with Gasteiger partial charge in [0.1, 0.15) is 11.1 Å². The standard InChI is InChI=1S/C11H10O5/c1-14-9-3-6-7(5-12)11(13)16-8(6)4-10(9)15-2/h3-5,13H,1-2H3. The summed E-state index contributed by atoms with van der Waals surface area (Å²) in [6.45, 7) is 0. The summed E-state index contributed by atoms with van der Waals surface area (Å²) in [5.74, 6) is 0.542. The van der Waals surface area contributed by atoms with E-state index in [2.05, 4.69) is 0 Å². The number of carbonyl (C=O) groups excluding carboxylic acids is 1. The molecule has 0 radical (unpaired) electrons. The van der Waals surface area contributed by atoms with Crippen LogP contribution in [0.3, 0.4) is 0 Å². The molecule has 1 N–H and O–H groups in total. The molecule has 0 fully saturated rings. The fraction of sp³-hybridized carbons (Fsp3) is 0.182. The number of aromatic hydroxyl groups is 1. The van der Waals surface area contributed by atoms with E-state index in [1.54, 1.807) is 12.1 Å². The van der Waals surface area contributed by atoms with Crippen LogP contribution in [-0.2, 0) is 0 Å². The summed E-state index contributed by atoms with van der Waals surface area (Å²) >= 11 is 0. The quantitative estimate of drug-likeness (QED) is 0.804. The van der Waals surface area contributed by atoms with Gasteiger partial charge in [-0.25, -0.2) is 0 Å². The highest BCUT2D eigenvalue weighted by Crippen LogP contribution is 2.37. The number of hydrogen-bond acceptors (Lipinski definition) is 5. The van der Waals surface area contributed by atoms with Gasteiger partial charge in [0.15, 0.2) is 17.8 Å². The molecule has 5 nitrogen and oxygen atoms in total. The van der Waals surface area contributed by atoms with Crippen LogP contribution in [0.25, 0.3) is 11.0 Å². The summed E-state index contributed by atoms with van der Waals surface area (Å²) in [5, 5.41) is 9.87. The number of fused-ring (bicyclic) bond motifs is 1. The number of hydrogen-bond donors (Lipinski definition) is 1. The van der Waals surface area contributed by atoms with Gasteiger partial charge in [0.25, 0.3) is 5.95 Å². The van der Waals surface area contributed by atoms with E-state index in [-0.39, 0.29) is 5.56 Å². The van der Waals surface area contributed by atoms with Crippen LogP contribution < -0.4 is 9.47 Å². The molecular weight excluding hydrogens is 212 g/mol. The molecule has 84 valence electrons. The number of furan rings is 1. The smallest absolute Gasteiger partial charge is 0.293 e. The fourth-order valence-electron chi connectivity index (χ4n) is 1.54. The Morgan fingerprint density at radius 2 is 1.88 bits per heavy atom. The van der Waals surface area contributed by atoms with Crippen molar-refractivity contribution in [1.29, 1.82) is 0 Å². The Labute approximate surface area is 91.2 Å². The molecule has 0 unspecified atom stereocenters. The zero-order chi connectivity index (χ0) is 11.7. The molecule has 0 aliphatic rings. The highest BCUT2D eigenvalue weighted by atomic mass is 16.5. The zero-order valence-corrected chi connectivity index (χ0v) is 8.81. The number of benzene rings is 1. The van der Waals surface area contributed by atoms with E-state index in [0.717, 1.165) is 0 Å². The molecule has 1 aromatic carbocycles. The van der Waals surface area contributed by atoms with Crippen LogP contribution in [0.15, 0.2) is 16.5 Å². The van der Waals surface area contributed by atoms with Gasteiger partial charge in [0, 0.05) is 11.5 Å². The van der Waals surface area contributed by atoms with Gasteiger partial charge in [-0.15, -0.1) is 0 Å². The van der Waals surface area contributed by atoms with Crippen LogP contribution in [0, 0.1) is 0 Å². The highest BCUT2D eigenvalue weighted by Gasteiger charge is 2.16. The molecule has 0 aliphatic heterocycles. The van der Waals surface area contributed by atoms with E-state index in [4.69, 9.17) is 13.9 Å². The molecule has 1 aromatic heterocycles. The third-order valence-electron chi connectivity index (χ3n) is 2.33. The van der Waals surface area contributed by atoms with Crippen molar-refractivity contribution in [2.75, 3.05) is 14.2 Å². The van der Waals surface area contributed by atoms with Crippen LogP contribution in [0.4, 0.5) is 0 Å². The summed E-state index contributed by atoms with van der Waals surface area (Å²) < 4.78 is 15.2. The maximum absolute atomic E-state index is 10.8. The lowest BCUT2D eigenvalue weighted by molar-refractivity contribution is 0.112. The van der Waals surface area contributed by atoms with Crippen molar-refractivity contribution in [3.63, 3.8) is 0 Å². The molecular formula is C11H10O5. The molecule has 2 aromatic rings. The van der Waals surface area contributed by atoms with E-state index < -0.39 is 5.95 Å². The second-order valence-electron chi connectivity index (χ2n) is 3.14. The summed E-state index contributed by atoms with van der Waals surface area (Å²) in [6, 6.07) is 3.14. The van der Waals surface area contributed by atoms with Crippen LogP contribution in [0.1, 0.15) is 10.4 Å². The van der Waals surface area contributed by atoms with Gasteiger partial charge in [-0.2, -0.15) is 0 Å². The number of aldehydes is 1. The second kappa shape index (κ2) is 3.77. The fourth-order valence-corrected chi connectivity index (χ4v) is 1.54. The Bertz CT molecular complexity index is 541. The first kappa shape index (κ1) is 10.4. The Morgan fingerprint density at radius 3 is 2.44 bits per heavy atom. The van der Waals surface area contributed by atoms with Crippen LogP contribution in [0.2, 0.25) is 0 Å². The molecule has 0 aliphatic carbocycles. The SMILES string of the molecule is COc1cc2oc(O)c(C=O)c2cc1OC. The normalized spacial score (nSPS) is 10.4. The molecule has 0 saturated heterocycles. The Kier molecular flexibility index (Phi) is 2.44. The lowest BCUT2D eigenvalue weighted by atomic mass is 10.1. The van der Waals surface area contributed by atoms with E-state index in [1.165, 1.54) is 14.2 Å². The van der Waals surface area contributed by atoms with Gasteiger partial charge in [0.2, 0.25) is 0 Å². The Balaban J connectivity index is 2.78. The van der Waals surface area contributed by atoms with Gasteiger partial charge in [-0.3, -0.25) is 4.79 Å². The van der Waals surface area contributed by atoms with E-state index in [1.807, 2.05) is 0 Å². The maximum atomic E-state index is 10.8. The Morgan fingerprint density at radius 1 is 1.25 bits per heavy atom. The summed E-state index contributed by atoms with van der Waals surface area (Å²) in [7, 11) is 2.98. The van der Waals surface area contributed by atoms with Gasteiger partial charge in [0.05, 0.1) is 14.2 Å². The van der Waals surface area contributed by atoms with Crippen LogP contribution >= 0.6 is 0 Å². The first-order valence-corrected chi connectivity index (χ1v) is 4.54. The minimum atomic E-state index is -0.402. The van der Waals surface area contributed by atoms with Crippen molar-refractivity contribution in [2.45, 2.75) is 0 Å². The minimum Gasteiger partial charge on any atom is -0.493 e. The molecule has 0 atom stereocenters. The van der Waals surface area contributed by atoms with Gasteiger partial charge >= 0.3 is 0 Å². The highest BCUT2D eigenvalue weighted by molar-refractivity contribution is 5.99. The summed E-state index contributed by atoms with van der Waals surface area (Å²) in [5.41, 5.74) is 0.480. The molecule has 0 saturated carbocycles. The molecule has 2 rings (SSSR count). The number of carbonyl (C=O) groups is 1. The average molecular weight is 222 g/mol. The second-order valence-corrected chi connectivity index (χ2v) is 3.14. The van der Waals surface area contributed by atoms with Crippen molar-refractivity contribution in [2.24, 2.45) is 0 Å². The average Bonchev–Trinajstić information content (AvgIpc) is 2.61. The van der Waals surface area contributed by atoms with Gasteiger partial charge in [-0.1, -0.05) is 0 Å². The molecule has 5 heteroatoms. The third kappa shape index (κ3) is 1.37. The predicted molar refractivity (Wildman–Crippen MR) is 56.4 cm³/mol. The molecule has 0 bridgehead atoms. The zero-order valence-electron chi connectivity index (χ0n) is 8.81. The first-order valence-electron chi connectivity index (χ1n) is 4.54. The predicted octanol–water partition coefficient (Wildman–Crippen LogP) is 1.97. The van der Waals surface area contributed by atoms with Crippen LogP contribution in [0.5, 0.6) is 17.4 Å². The monoisotopic (exact) mass is 222 g/mol. The number of rotatable bonds is 3. The summed E-state index contributed by atoms with van der Waals surface area (Å²) in [4.78, 5) is 10.8. The molecule has 1 heterocycles. The van der Waals surface area contributed by atoms with Crippen molar-refractivity contribution in [3.8, 4) is 17.4 Å². The van der Waals surface area contributed by atoms with E-state index in [0.29, 0.717) is 28.8 Å². The lowest BCUT2D eigenvalue weighted by Crippen LogP contribution is -1.90. The molecule has 0 amide bonds. The van der Waals surface area contributed by atoms with Crippen LogP contribution in [-0.4, -0.2) is 25.6 Å². The van der Waals surface area contributed by atoms with Gasteiger partial charge in [-0.05, 0) is 6.07 Å². The molecule has 16 heavy (non-hydrogen) atoms. The number of ether oxygens (including phenoxy) is 2.